The maximum Gasteiger partial charge on any atom is 0.494 e. The number of anilines is 2. The number of hydrogen-bond acceptors (Lipinski definition) is 8. The molecule has 2 aromatic carbocycles. The van der Waals surface area contributed by atoms with Crippen LogP contribution >= 0.6 is 0 Å². The van der Waals surface area contributed by atoms with Crippen LogP contribution in [-0.2, 0) is 28.4 Å². The molecule has 0 radical (unpaired) electrons. The van der Waals surface area contributed by atoms with E-state index < -0.39 is 35.9 Å². The van der Waals surface area contributed by atoms with Gasteiger partial charge in [0.15, 0.2) is 6.61 Å². The molecule has 2 atom stereocenters. The van der Waals surface area contributed by atoms with Crippen molar-refractivity contribution in [3.8, 4) is 5.75 Å². The Labute approximate surface area is 296 Å². The zero-order chi connectivity index (χ0) is 36.0. The number of likely N-dealkylation sites (tertiary alicyclic amines) is 1. The van der Waals surface area contributed by atoms with E-state index in [1.54, 1.807) is 16.9 Å². The number of amides is 3. The summed E-state index contributed by atoms with van der Waals surface area (Å²) < 4.78 is 29.6. The van der Waals surface area contributed by atoms with E-state index in [1.807, 2.05) is 83.7 Å². The number of hydrogen-bond donors (Lipinski definition) is 0. The summed E-state index contributed by atoms with van der Waals surface area (Å²) in [6, 6.07) is 13.8. The van der Waals surface area contributed by atoms with Crippen LogP contribution in [-0.4, -0.2) is 92.7 Å². The molecule has 50 heavy (non-hydrogen) atoms. The minimum absolute atomic E-state index is 0.0244. The highest BCUT2D eigenvalue weighted by atomic mass is 16.7. The number of fused-ring (bicyclic) bond motifs is 1. The highest BCUT2D eigenvalue weighted by Crippen LogP contribution is 2.43. The van der Waals surface area contributed by atoms with E-state index in [2.05, 4.69) is 12.1 Å². The summed E-state index contributed by atoms with van der Waals surface area (Å²) in [5, 5.41) is 0. The highest BCUT2D eigenvalue weighted by Gasteiger charge is 2.52. The van der Waals surface area contributed by atoms with Gasteiger partial charge in [0.25, 0.3) is 5.91 Å². The lowest BCUT2D eigenvalue weighted by atomic mass is 9.74. The van der Waals surface area contributed by atoms with Crippen molar-refractivity contribution in [3.05, 3.63) is 48.0 Å². The second-order valence-corrected chi connectivity index (χ2v) is 16.0. The lowest BCUT2D eigenvalue weighted by Crippen LogP contribution is -2.51. The first-order chi connectivity index (χ1) is 23.6. The fourth-order valence-corrected chi connectivity index (χ4v) is 6.99. The van der Waals surface area contributed by atoms with E-state index >= 15 is 4.79 Å². The van der Waals surface area contributed by atoms with E-state index in [0.29, 0.717) is 49.7 Å². The fraction of sp³-hybridized carbons (Fsp3) is 0.605. The predicted molar refractivity (Wildman–Crippen MR) is 192 cm³/mol. The van der Waals surface area contributed by atoms with Gasteiger partial charge < -0.3 is 38.2 Å². The zero-order valence-corrected chi connectivity index (χ0v) is 30.8. The summed E-state index contributed by atoms with van der Waals surface area (Å²) >= 11 is 0. The van der Waals surface area contributed by atoms with Gasteiger partial charge in [-0.3, -0.25) is 9.59 Å². The molecule has 0 unspecified atom stereocenters. The first kappa shape index (κ1) is 36.2. The van der Waals surface area contributed by atoms with Crippen LogP contribution in [0.2, 0.25) is 0 Å². The maximum absolute atomic E-state index is 15.0. The largest absolute Gasteiger partial charge is 0.494 e. The minimum Gasteiger partial charge on any atom is -0.482 e. The third kappa shape index (κ3) is 7.53. The van der Waals surface area contributed by atoms with Crippen molar-refractivity contribution in [2.75, 3.05) is 49.8 Å². The van der Waals surface area contributed by atoms with E-state index in [1.165, 1.54) is 0 Å². The van der Waals surface area contributed by atoms with Gasteiger partial charge in [0.05, 0.1) is 22.8 Å². The average molecular weight is 690 g/mol. The van der Waals surface area contributed by atoms with Gasteiger partial charge >= 0.3 is 13.2 Å². The number of benzene rings is 2. The van der Waals surface area contributed by atoms with Gasteiger partial charge in [-0.15, -0.1) is 0 Å². The van der Waals surface area contributed by atoms with Crippen molar-refractivity contribution in [2.24, 2.45) is 5.92 Å². The van der Waals surface area contributed by atoms with Crippen LogP contribution < -0.4 is 20.0 Å². The van der Waals surface area contributed by atoms with Crippen LogP contribution in [0.25, 0.3) is 0 Å². The smallest absolute Gasteiger partial charge is 0.482 e. The monoisotopic (exact) mass is 689 g/mol. The molecule has 3 aliphatic heterocycles. The first-order valence-corrected chi connectivity index (χ1v) is 17.9. The quantitative estimate of drug-likeness (QED) is 0.259. The molecule has 2 saturated heterocycles. The van der Waals surface area contributed by atoms with Gasteiger partial charge in [0.2, 0.25) is 5.91 Å². The normalized spacial score (nSPS) is 23.0. The molecule has 3 fully saturated rings. The van der Waals surface area contributed by atoms with Crippen molar-refractivity contribution in [1.82, 2.24) is 4.90 Å². The molecule has 3 heterocycles. The number of methoxy groups -OCH3 is 1. The van der Waals surface area contributed by atoms with Gasteiger partial charge in [-0.25, -0.2) is 4.79 Å². The number of carbonyl (C=O) groups excluding carboxylic acids is 3. The Bertz CT molecular complexity index is 1590. The number of nitrogens with zero attached hydrogens (tertiary/aromatic N) is 3. The van der Waals surface area contributed by atoms with Crippen molar-refractivity contribution in [1.29, 1.82) is 0 Å². The third-order valence-corrected chi connectivity index (χ3v) is 10.5. The molecule has 0 spiro atoms. The first-order valence-electron chi connectivity index (χ1n) is 17.9. The van der Waals surface area contributed by atoms with Crippen molar-refractivity contribution in [2.45, 2.75) is 103 Å². The Hall–Kier alpha value is -3.61. The van der Waals surface area contributed by atoms with Crippen LogP contribution in [0.3, 0.4) is 0 Å². The van der Waals surface area contributed by atoms with Crippen molar-refractivity contribution >= 4 is 41.9 Å². The average Bonchev–Trinajstić information content (AvgIpc) is 3.86. The SMILES string of the molecule is COCCCN1C(=O)COc2ccc(N(C(=O)[C@H]3CN(C(=O)OC(C)(C)C)CC[C@@H]3c3cccc(B4OC(C)(C)C(C)(C)O4)c3)C3CC3)cc21. The Morgan fingerprint density at radius 3 is 2.40 bits per heavy atom. The molecule has 1 aliphatic carbocycles. The van der Waals surface area contributed by atoms with E-state index in [-0.39, 0.29) is 36.9 Å². The van der Waals surface area contributed by atoms with Crippen LogP contribution in [0.5, 0.6) is 5.75 Å². The number of rotatable bonds is 9. The van der Waals surface area contributed by atoms with E-state index in [4.69, 9.17) is 23.5 Å². The molecule has 0 aromatic heterocycles. The fourth-order valence-electron chi connectivity index (χ4n) is 6.99. The predicted octanol–water partition coefficient (Wildman–Crippen LogP) is 5.28. The van der Waals surface area contributed by atoms with Crippen molar-refractivity contribution < 1.29 is 37.9 Å². The van der Waals surface area contributed by atoms with E-state index in [9.17, 15) is 9.59 Å². The maximum atomic E-state index is 15.0. The van der Waals surface area contributed by atoms with Gasteiger partial charge in [-0.2, -0.15) is 0 Å². The standard InChI is InChI=1S/C38H52BN3O8/c1-36(2,3)48-35(45)40-19-17-29(25-11-9-12-26(21-25)39-49-37(4,5)38(6,7)50-39)30(23-40)34(44)42(27-13-14-27)28-15-16-32-31(22-28)41(18-10-20-46-8)33(43)24-47-32/h9,11-12,15-16,21-22,27,29-30H,10,13-14,17-20,23-24H2,1-8H3/t29-,30+/m1/s1. The minimum atomic E-state index is -0.664. The molecule has 3 amide bonds. The third-order valence-electron chi connectivity index (χ3n) is 10.5. The molecule has 12 heteroatoms. The summed E-state index contributed by atoms with van der Waals surface area (Å²) in [6.45, 7) is 15.3. The molecule has 11 nitrogen and oxygen atoms in total. The summed E-state index contributed by atoms with van der Waals surface area (Å²) in [5.41, 5.74) is 1.63. The Kier molecular flexibility index (Phi) is 10.0. The summed E-state index contributed by atoms with van der Waals surface area (Å²) in [7, 11) is 1.11. The van der Waals surface area contributed by atoms with Gasteiger partial charge in [0.1, 0.15) is 11.4 Å². The lowest BCUT2D eigenvalue weighted by Gasteiger charge is -2.41. The number of ether oxygens (including phenoxy) is 3. The molecule has 0 N–H and O–H groups in total. The topological polar surface area (TPSA) is 107 Å². The Balaban J connectivity index is 1.34. The zero-order valence-electron chi connectivity index (χ0n) is 30.8. The number of carbonyl (C=O) groups is 3. The summed E-state index contributed by atoms with van der Waals surface area (Å²) in [6.07, 6.45) is 2.59. The molecule has 270 valence electrons. The molecular weight excluding hydrogens is 637 g/mol. The molecule has 4 aliphatic rings. The molecule has 6 rings (SSSR count). The molecular formula is C38H52BN3O8. The van der Waals surface area contributed by atoms with E-state index in [0.717, 1.165) is 23.9 Å². The van der Waals surface area contributed by atoms with Gasteiger partial charge in [0, 0.05) is 45.1 Å². The second kappa shape index (κ2) is 13.8. The van der Waals surface area contributed by atoms with Gasteiger partial charge in [-0.05, 0) is 109 Å². The lowest BCUT2D eigenvalue weighted by molar-refractivity contribution is -0.124. The van der Waals surface area contributed by atoms with Crippen LogP contribution in [0.15, 0.2) is 42.5 Å². The second-order valence-electron chi connectivity index (χ2n) is 16.0. The van der Waals surface area contributed by atoms with Crippen molar-refractivity contribution in [3.63, 3.8) is 0 Å². The Morgan fingerprint density at radius 1 is 1.02 bits per heavy atom. The summed E-state index contributed by atoms with van der Waals surface area (Å²) in [4.78, 5) is 46.7. The van der Waals surface area contributed by atoms with Crippen LogP contribution in [0.1, 0.15) is 85.6 Å². The highest BCUT2D eigenvalue weighted by molar-refractivity contribution is 6.62. The van der Waals surface area contributed by atoms with Gasteiger partial charge in [-0.1, -0.05) is 24.3 Å². The Morgan fingerprint density at radius 2 is 1.74 bits per heavy atom. The molecule has 2 aromatic rings. The molecule has 0 bridgehead atoms. The van der Waals surface area contributed by atoms with Crippen LogP contribution in [0, 0.1) is 5.92 Å². The number of piperidine rings is 1. The van der Waals surface area contributed by atoms with Crippen LogP contribution in [0.4, 0.5) is 16.2 Å². The summed E-state index contributed by atoms with van der Waals surface area (Å²) in [5.74, 6) is -0.284. The molecule has 1 saturated carbocycles.